The summed E-state index contributed by atoms with van der Waals surface area (Å²) in [5, 5.41) is 5.12. The minimum absolute atomic E-state index is 0.394. The Hall–Kier alpha value is -6.64. The van der Waals surface area contributed by atoms with Gasteiger partial charge in [0.1, 0.15) is 0 Å². The van der Waals surface area contributed by atoms with Crippen LogP contribution in [0.1, 0.15) is 36.1 Å². The predicted molar refractivity (Wildman–Crippen MR) is 225 cm³/mol. The van der Waals surface area contributed by atoms with Crippen LogP contribution in [0.4, 0.5) is 0 Å². The van der Waals surface area contributed by atoms with Crippen molar-refractivity contribution in [2.45, 2.75) is 24.7 Å². The van der Waals surface area contributed by atoms with Gasteiger partial charge in [0, 0.05) is 43.7 Å². The van der Waals surface area contributed by atoms with Crippen molar-refractivity contribution in [1.82, 2.24) is 9.13 Å². The Bertz CT molecular complexity index is 2890. The first-order valence-electron chi connectivity index (χ1n) is 19.0. The van der Waals surface area contributed by atoms with Crippen LogP contribution >= 0.6 is 0 Å². The maximum Gasteiger partial charge on any atom is 0.0541 e. The second-order valence-corrected chi connectivity index (χ2v) is 15.5. The molecular formula is C52H36N2. The van der Waals surface area contributed by atoms with Gasteiger partial charge in [-0.2, -0.15) is 0 Å². The highest BCUT2D eigenvalue weighted by molar-refractivity contribution is 6.10. The normalized spacial score (nSPS) is 18.3. The van der Waals surface area contributed by atoms with Gasteiger partial charge in [-0.05, 0) is 93.0 Å². The van der Waals surface area contributed by atoms with Crippen LogP contribution in [0.15, 0.2) is 182 Å². The molecule has 2 heterocycles. The molecule has 12 rings (SSSR count). The third kappa shape index (κ3) is 3.56. The zero-order valence-corrected chi connectivity index (χ0v) is 30.2. The molecule has 254 valence electrons. The standard InChI is InChI=1S/C52H36N2/c1-51(43-21-9-3-15-35(43)37-29-27-33(31-45(37)51)53-47-23-11-5-17-39(47)40-18-6-12-24-48(40)53)52(2)44-22-10-4-16-36(44)38-30-28-34(32-46(38)52)54-49-25-13-7-19-41(49)42-20-8-14-26-50(42)54/h3-32H,1-2H3. The van der Waals surface area contributed by atoms with Crippen molar-refractivity contribution in [1.29, 1.82) is 0 Å². The quantitative estimate of drug-likeness (QED) is 0.175. The highest BCUT2D eigenvalue weighted by Gasteiger charge is 2.57. The molecule has 54 heavy (non-hydrogen) atoms. The number of hydrogen-bond acceptors (Lipinski definition) is 0. The van der Waals surface area contributed by atoms with Crippen LogP contribution in [0.25, 0.3) is 77.2 Å². The molecule has 0 aliphatic heterocycles. The SMILES string of the molecule is CC1(C2(C)c3ccccc3-c3ccc(-n4c5ccccc5c5ccccc54)cc32)c2ccccc2-c2ccc(-n3c4ccccc4c4ccccc43)cc21. The van der Waals surface area contributed by atoms with Crippen LogP contribution in [-0.2, 0) is 10.8 Å². The van der Waals surface area contributed by atoms with Crippen LogP contribution in [0, 0.1) is 0 Å². The Labute approximate surface area is 314 Å². The molecule has 2 atom stereocenters. The third-order valence-corrected chi connectivity index (χ3v) is 13.3. The van der Waals surface area contributed by atoms with E-state index >= 15 is 0 Å². The molecular weight excluding hydrogens is 653 g/mol. The Kier molecular flexibility index (Phi) is 5.81. The van der Waals surface area contributed by atoms with Crippen LogP contribution in [0.5, 0.6) is 0 Å². The first-order valence-corrected chi connectivity index (χ1v) is 19.0. The molecule has 2 unspecified atom stereocenters. The van der Waals surface area contributed by atoms with Crippen molar-refractivity contribution in [2.75, 3.05) is 0 Å². The van der Waals surface area contributed by atoms with Crippen molar-refractivity contribution in [3.8, 4) is 33.6 Å². The first kappa shape index (κ1) is 29.9. The zero-order chi connectivity index (χ0) is 35.8. The molecule has 8 aromatic carbocycles. The number of benzene rings is 8. The van der Waals surface area contributed by atoms with Crippen molar-refractivity contribution in [3.63, 3.8) is 0 Å². The fraction of sp³-hybridized carbons (Fsp3) is 0.0769. The summed E-state index contributed by atoms with van der Waals surface area (Å²) in [5.41, 5.74) is 17.3. The number of hydrogen-bond donors (Lipinski definition) is 0. The van der Waals surface area contributed by atoms with E-state index in [1.165, 1.54) is 99.5 Å². The first-order chi connectivity index (χ1) is 26.6. The molecule has 2 nitrogen and oxygen atoms in total. The van der Waals surface area contributed by atoms with Gasteiger partial charge in [-0.1, -0.05) is 147 Å². The third-order valence-electron chi connectivity index (χ3n) is 13.3. The number of fused-ring (bicyclic) bond motifs is 12. The summed E-state index contributed by atoms with van der Waals surface area (Å²) in [7, 11) is 0. The molecule has 10 aromatic rings. The molecule has 0 saturated carbocycles. The van der Waals surface area contributed by atoms with Gasteiger partial charge in [0.2, 0.25) is 0 Å². The topological polar surface area (TPSA) is 9.86 Å². The average Bonchev–Trinajstić information content (AvgIpc) is 3.91. The smallest absolute Gasteiger partial charge is 0.0541 e. The van der Waals surface area contributed by atoms with E-state index in [1.54, 1.807) is 0 Å². The lowest BCUT2D eigenvalue weighted by Gasteiger charge is -2.45. The van der Waals surface area contributed by atoms with E-state index in [2.05, 4.69) is 205 Å². The van der Waals surface area contributed by atoms with Gasteiger partial charge in [-0.3, -0.25) is 0 Å². The van der Waals surface area contributed by atoms with Crippen molar-refractivity contribution >= 4 is 43.6 Å². The lowest BCUT2D eigenvalue weighted by molar-refractivity contribution is 0.376. The van der Waals surface area contributed by atoms with E-state index in [-0.39, 0.29) is 0 Å². The lowest BCUT2D eigenvalue weighted by atomic mass is 9.56. The number of para-hydroxylation sites is 4. The Balaban J connectivity index is 1.15. The summed E-state index contributed by atoms with van der Waals surface area (Å²) in [5.74, 6) is 0. The maximum atomic E-state index is 2.52. The second kappa shape index (κ2) is 10.5. The van der Waals surface area contributed by atoms with E-state index in [1.807, 2.05) is 0 Å². The van der Waals surface area contributed by atoms with Gasteiger partial charge in [0.15, 0.2) is 0 Å². The summed E-state index contributed by atoms with van der Waals surface area (Å²) in [6.07, 6.45) is 0. The molecule has 0 spiro atoms. The van der Waals surface area contributed by atoms with Crippen LogP contribution in [-0.4, -0.2) is 9.13 Å². The number of rotatable bonds is 3. The van der Waals surface area contributed by atoms with Crippen LogP contribution in [0.3, 0.4) is 0 Å². The summed E-state index contributed by atoms with van der Waals surface area (Å²) >= 11 is 0. The molecule has 0 radical (unpaired) electrons. The van der Waals surface area contributed by atoms with Gasteiger partial charge in [-0.25, -0.2) is 0 Å². The monoisotopic (exact) mass is 688 g/mol. The maximum absolute atomic E-state index is 2.52. The molecule has 2 heteroatoms. The van der Waals surface area contributed by atoms with Crippen LogP contribution in [0.2, 0.25) is 0 Å². The Morgan fingerprint density at radius 1 is 0.296 bits per heavy atom. The predicted octanol–water partition coefficient (Wildman–Crippen LogP) is 13.2. The van der Waals surface area contributed by atoms with E-state index < -0.39 is 10.8 Å². The Morgan fingerprint density at radius 2 is 0.593 bits per heavy atom. The van der Waals surface area contributed by atoms with Gasteiger partial charge in [0.25, 0.3) is 0 Å². The number of aromatic nitrogens is 2. The molecule has 0 bridgehead atoms. The molecule has 0 fully saturated rings. The molecule has 0 amide bonds. The highest BCUT2D eigenvalue weighted by atomic mass is 15.0. The second-order valence-electron chi connectivity index (χ2n) is 15.5. The minimum atomic E-state index is -0.394. The van der Waals surface area contributed by atoms with E-state index in [4.69, 9.17) is 0 Å². The molecule has 2 aliphatic carbocycles. The zero-order valence-electron chi connectivity index (χ0n) is 30.2. The van der Waals surface area contributed by atoms with Gasteiger partial charge in [0.05, 0.1) is 22.1 Å². The molecule has 0 saturated heterocycles. The van der Waals surface area contributed by atoms with Crippen molar-refractivity contribution in [3.05, 3.63) is 204 Å². The van der Waals surface area contributed by atoms with Crippen LogP contribution < -0.4 is 0 Å². The fourth-order valence-electron chi connectivity index (χ4n) is 10.7. The number of nitrogens with zero attached hydrogens (tertiary/aromatic N) is 2. The summed E-state index contributed by atoms with van der Waals surface area (Å²) in [6, 6.07) is 68.1. The summed E-state index contributed by atoms with van der Waals surface area (Å²) < 4.78 is 4.93. The molecule has 2 aromatic heterocycles. The van der Waals surface area contributed by atoms with E-state index in [0.717, 1.165) is 0 Å². The summed E-state index contributed by atoms with van der Waals surface area (Å²) in [4.78, 5) is 0. The molecule has 2 aliphatic rings. The largest absolute Gasteiger partial charge is 0.309 e. The minimum Gasteiger partial charge on any atom is -0.309 e. The van der Waals surface area contributed by atoms with Crippen molar-refractivity contribution < 1.29 is 0 Å². The highest BCUT2D eigenvalue weighted by Crippen LogP contribution is 2.65. The van der Waals surface area contributed by atoms with E-state index in [9.17, 15) is 0 Å². The Morgan fingerprint density at radius 3 is 0.963 bits per heavy atom. The van der Waals surface area contributed by atoms with Gasteiger partial charge >= 0.3 is 0 Å². The summed E-state index contributed by atoms with van der Waals surface area (Å²) in [6.45, 7) is 5.04. The fourth-order valence-corrected chi connectivity index (χ4v) is 10.7. The van der Waals surface area contributed by atoms with Crippen molar-refractivity contribution in [2.24, 2.45) is 0 Å². The molecule has 0 N–H and O–H groups in total. The lowest BCUT2D eigenvalue weighted by Crippen LogP contribution is -2.44. The average molecular weight is 689 g/mol. The van der Waals surface area contributed by atoms with Gasteiger partial charge in [-0.15, -0.1) is 0 Å². The van der Waals surface area contributed by atoms with E-state index in [0.29, 0.717) is 0 Å². The van der Waals surface area contributed by atoms with Gasteiger partial charge < -0.3 is 9.13 Å².